The standard InChI is InChI=1S/C18H18BN5O5S/c20-6-12-4-11(9-30-12)14-7-24(23-22-14)8-16(25)21-15-5-10-2-1-3-13(18(26)27)17(10)29-19(15)28/h1-4,7,9,15,28H,5-6,8,20H2,(H,21,25)(H,26,27). The van der Waals surface area contributed by atoms with Crippen LogP contribution in [0.3, 0.4) is 0 Å². The molecule has 3 aromatic rings. The number of thiophene rings is 1. The van der Waals surface area contributed by atoms with Gasteiger partial charge in [-0.2, -0.15) is 0 Å². The molecule has 5 N–H and O–H groups in total. The van der Waals surface area contributed by atoms with Gasteiger partial charge in [-0.15, -0.1) is 16.4 Å². The van der Waals surface area contributed by atoms with Crippen LogP contribution in [0.2, 0.25) is 0 Å². The van der Waals surface area contributed by atoms with E-state index in [0.717, 1.165) is 10.4 Å². The molecule has 0 aliphatic carbocycles. The van der Waals surface area contributed by atoms with Gasteiger partial charge in [-0.05, 0) is 24.1 Å². The zero-order valence-electron chi connectivity index (χ0n) is 15.7. The van der Waals surface area contributed by atoms with Crippen molar-refractivity contribution >= 4 is 30.3 Å². The van der Waals surface area contributed by atoms with Gasteiger partial charge in [-0.1, -0.05) is 17.3 Å². The normalized spacial score (nSPS) is 15.4. The summed E-state index contributed by atoms with van der Waals surface area (Å²) in [6.07, 6.45) is 1.90. The monoisotopic (exact) mass is 427 g/mol. The number of fused-ring (bicyclic) bond motifs is 1. The maximum absolute atomic E-state index is 12.4. The second-order valence-electron chi connectivity index (χ2n) is 6.79. The molecule has 1 aromatic carbocycles. The molecule has 0 radical (unpaired) electrons. The summed E-state index contributed by atoms with van der Waals surface area (Å²) in [5, 5.41) is 32.2. The molecule has 12 heteroatoms. The summed E-state index contributed by atoms with van der Waals surface area (Å²) < 4.78 is 6.78. The van der Waals surface area contributed by atoms with Crippen molar-refractivity contribution < 1.29 is 24.4 Å². The first-order chi connectivity index (χ1) is 14.4. The van der Waals surface area contributed by atoms with Gasteiger partial charge in [0, 0.05) is 22.4 Å². The summed E-state index contributed by atoms with van der Waals surface area (Å²) in [6.45, 7) is 0.357. The van der Waals surface area contributed by atoms with Crippen molar-refractivity contribution in [2.45, 2.75) is 25.5 Å². The number of hydrogen-bond donors (Lipinski definition) is 4. The number of aromatic nitrogens is 3. The Morgan fingerprint density at radius 3 is 3.00 bits per heavy atom. The Morgan fingerprint density at radius 1 is 1.43 bits per heavy atom. The van der Waals surface area contributed by atoms with Crippen molar-refractivity contribution in [3.8, 4) is 17.0 Å². The molecule has 1 atom stereocenters. The lowest BCUT2D eigenvalue weighted by Gasteiger charge is -2.28. The zero-order valence-corrected chi connectivity index (χ0v) is 16.5. The average molecular weight is 427 g/mol. The number of nitrogens with zero attached hydrogens (tertiary/aromatic N) is 3. The van der Waals surface area contributed by atoms with Crippen molar-refractivity contribution in [2.75, 3.05) is 0 Å². The van der Waals surface area contributed by atoms with Gasteiger partial charge in [0.15, 0.2) is 0 Å². The smallest absolute Gasteiger partial charge is 0.534 e. The van der Waals surface area contributed by atoms with E-state index in [1.54, 1.807) is 18.3 Å². The number of benzene rings is 1. The van der Waals surface area contributed by atoms with Gasteiger partial charge in [0.2, 0.25) is 5.91 Å². The third-order valence-corrected chi connectivity index (χ3v) is 5.65. The molecule has 1 amide bonds. The van der Waals surface area contributed by atoms with Gasteiger partial charge in [0.1, 0.15) is 18.0 Å². The summed E-state index contributed by atoms with van der Waals surface area (Å²) in [7, 11) is -1.37. The molecule has 1 aliphatic heterocycles. The van der Waals surface area contributed by atoms with Crippen LogP contribution in [0, 0.1) is 0 Å². The first-order valence-corrected chi connectivity index (χ1v) is 10.00. The quantitative estimate of drug-likeness (QED) is 0.410. The van der Waals surface area contributed by atoms with E-state index in [4.69, 9.17) is 10.4 Å². The summed E-state index contributed by atoms with van der Waals surface area (Å²) in [4.78, 5) is 24.8. The molecule has 0 spiro atoms. The van der Waals surface area contributed by atoms with Crippen LogP contribution in [0.4, 0.5) is 0 Å². The largest absolute Gasteiger partial charge is 0.547 e. The van der Waals surface area contributed by atoms with Gasteiger partial charge in [-0.3, -0.25) is 4.79 Å². The Kier molecular flexibility index (Phi) is 5.53. The van der Waals surface area contributed by atoms with E-state index in [0.29, 0.717) is 17.8 Å². The van der Waals surface area contributed by atoms with Gasteiger partial charge >= 0.3 is 13.1 Å². The van der Waals surface area contributed by atoms with Crippen molar-refractivity contribution in [3.05, 3.63) is 51.8 Å². The van der Waals surface area contributed by atoms with Gasteiger partial charge < -0.3 is 25.8 Å². The maximum Gasteiger partial charge on any atom is 0.547 e. The lowest BCUT2D eigenvalue weighted by molar-refractivity contribution is -0.122. The van der Waals surface area contributed by atoms with Gasteiger partial charge in [0.05, 0.1) is 17.7 Å². The van der Waals surface area contributed by atoms with E-state index in [9.17, 15) is 19.7 Å². The molecule has 0 saturated carbocycles. The van der Waals surface area contributed by atoms with Crippen LogP contribution in [0.25, 0.3) is 11.3 Å². The number of nitrogens with two attached hydrogens (primary N) is 1. The van der Waals surface area contributed by atoms with Crippen LogP contribution in [0.15, 0.2) is 35.8 Å². The topological polar surface area (TPSA) is 153 Å². The molecule has 30 heavy (non-hydrogen) atoms. The van der Waals surface area contributed by atoms with Crippen molar-refractivity contribution in [1.29, 1.82) is 0 Å². The minimum Gasteiger partial charge on any atom is -0.534 e. The molecule has 1 aliphatic rings. The molecule has 2 aromatic heterocycles. The van der Waals surface area contributed by atoms with Crippen molar-refractivity contribution in [1.82, 2.24) is 20.3 Å². The number of carboxylic acid groups (broad SMARTS) is 1. The fraction of sp³-hybridized carbons (Fsp3) is 0.222. The fourth-order valence-electron chi connectivity index (χ4n) is 3.25. The molecule has 4 rings (SSSR count). The van der Waals surface area contributed by atoms with Crippen LogP contribution < -0.4 is 15.7 Å². The molecular weight excluding hydrogens is 409 g/mol. The van der Waals surface area contributed by atoms with Gasteiger partial charge in [0.25, 0.3) is 0 Å². The first kappa shape index (κ1) is 20.1. The Morgan fingerprint density at radius 2 is 2.27 bits per heavy atom. The molecule has 3 heterocycles. The highest BCUT2D eigenvalue weighted by molar-refractivity contribution is 7.10. The molecule has 1 unspecified atom stereocenters. The predicted molar refractivity (Wildman–Crippen MR) is 109 cm³/mol. The van der Waals surface area contributed by atoms with E-state index in [1.807, 2.05) is 11.4 Å². The maximum atomic E-state index is 12.4. The summed E-state index contributed by atoms with van der Waals surface area (Å²) in [5.41, 5.74) is 7.71. The second-order valence-corrected chi connectivity index (χ2v) is 7.79. The second kappa shape index (κ2) is 8.26. The molecular formula is C18H18BN5O5S. The van der Waals surface area contributed by atoms with E-state index in [-0.39, 0.29) is 30.2 Å². The molecule has 154 valence electrons. The van der Waals surface area contributed by atoms with Crippen LogP contribution in [0.5, 0.6) is 5.75 Å². The summed E-state index contributed by atoms with van der Waals surface area (Å²) in [6, 6.07) is 6.63. The minimum atomic E-state index is -1.37. The predicted octanol–water partition coefficient (Wildman–Crippen LogP) is 0.303. The molecule has 0 bridgehead atoms. The highest BCUT2D eigenvalue weighted by Crippen LogP contribution is 2.30. The van der Waals surface area contributed by atoms with E-state index in [2.05, 4.69) is 15.6 Å². The highest BCUT2D eigenvalue weighted by Gasteiger charge is 2.37. The Labute approximate surface area is 175 Å². The molecule has 0 saturated heterocycles. The van der Waals surface area contributed by atoms with Crippen LogP contribution in [0.1, 0.15) is 20.8 Å². The number of hydrogen-bond acceptors (Lipinski definition) is 8. The fourth-order valence-corrected chi connectivity index (χ4v) is 4.00. The number of nitrogens with one attached hydrogen (secondary N) is 1. The van der Waals surface area contributed by atoms with Crippen LogP contribution in [-0.4, -0.2) is 50.1 Å². The number of aromatic carboxylic acids is 1. The van der Waals surface area contributed by atoms with Crippen LogP contribution >= 0.6 is 11.3 Å². The average Bonchev–Trinajstić information content (AvgIpc) is 3.37. The zero-order chi connectivity index (χ0) is 21.3. The summed E-state index contributed by atoms with van der Waals surface area (Å²) >= 11 is 1.53. The SMILES string of the molecule is NCc1cc(-c2cn(CC(=O)NC3Cc4cccc(C(=O)O)c4OB3O)nn2)cs1. The number of carbonyl (C=O) groups is 2. The third-order valence-electron chi connectivity index (χ3n) is 4.69. The highest BCUT2D eigenvalue weighted by atomic mass is 32.1. The van der Waals surface area contributed by atoms with Crippen molar-refractivity contribution in [2.24, 2.45) is 5.73 Å². The van der Waals surface area contributed by atoms with E-state index < -0.39 is 19.0 Å². The number of amides is 1. The Bertz CT molecular complexity index is 1100. The van der Waals surface area contributed by atoms with Crippen molar-refractivity contribution in [3.63, 3.8) is 0 Å². The van der Waals surface area contributed by atoms with Crippen LogP contribution in [-0.2, 0) is 24.3 Å². The number of carbonyl (C=O) groups excluding carboxylic acids is 1. The lowest BCUT2D eigenvalue weighted by atomic mass is 9.72. The minimum absolute atomic E-state index is 0.0299. The number of carboxylic acids is 1. The van der Waals surface area contributed by atoms with Gasteiger partial charge in [-0.25, -0.2) is 9.48 Å². The Hall–Kier alpha value is -3.22. The van der Waals surface area contributed by atoms with E-state index in [1.165, 1.54) is 22.1 Å². The number of para-hydroxylation sites is 1. The first-order valence-electron chi connectivity index (χ1n) is 9.12. The summed E-state index contributed by atoms with van der Waals surface area (Å²) in [5.74, 6) is -2.13. The Balaban J connectivity index is 1.41. The lowest BCUT2D eigenvalue weighted by Crippen LogP contribution is -2.53. The van der Waals surface area contributed by atoms with E-state index >= 15 is 0 Å². The number of rotatable bonds is 6. The molecule has 10 nitrogen and oxygen atoms in total. The third kappa shape index (κ3) is 4.06. The molecule has 0 fully saturated rings.